The van der Waals surface area contributed by atoms with Gasteiger partial charge in [-0.05, 0) is 31.4 Å². The molecule has 0 radical (unpaired) electrons. The Balaban J connectivity index is 2.37. The van der Waals surface area contributed by atoms with Crippen molar-refractivity contribution in [1.82, 2.24) is 5.32 Å². The van der Waals surface area contributed by atoms with Crippen molar-refractivity contribution < 1.29 is 9.59 Å². The Bertz CT molecular complexity index is 365. The van der Waals surface area contributed by atoms with Gasteiger partial charge in [0, 0.05) is 6.42 Å². The summed E-state index contributed by atoms with van der Waals surface area (Å²) in [6.45, 7) is 0.592. The second-order valence-electron chi connectivity index (χ2n) is 4.25. The predicted octanol–water partition coefficient (Wildman–Crippen LogP) is 1.04. The molecular formula is C14H20N2O2. The van der Waals surface area contributed by atoms with Crippen molar-refractivity contribution in [3.8, 4) is 0 Å². The van der Waals surface area contributed by atoms with Crippen LogP contribution in [-0.4, -0.2) is 24.8 Å². The molecule has 3 N–H and O–H groups in total. The lowest BCUT2D eigenvalue weighted by atomic mass is 10.1. The molecular weight excluding hydrogens is 228 g/mol. The van der Waals surface area contributed by atoms with Crippen molar-refractivity contribution in [1.29, 1.82) is 0 Å². The molecule has 0 aliphatic rings. The van der Waals surface area contributed by atoms with Gasteiger partial charge in [-0.25, -0.2) is 0 Å². The van der Waals surface area contributed by atoms with Crippen LogP contribution in [0.5, 0.6) is 0 Å². The van der Waals surface area contributed by atoms with Crippen molar-refractivity contribution in [3.63, 3.8) is 0 Å². The predicted molar refractivity (Wildman–Crippen MR) is 71.0 cm³/mol. The van der Waals surface area contributed by atoms with E-state index < -0.39 is 6.04 Å². The fourth-order valence-corrected chi connectivity index (χ4v) is 1.71. The topological polar surface area (TPSA) is 72.2 Å². The monoisotopic (exact) mass is 248 g/mol. The van der Waals surface area contributed by atoms with Gasteiger partial charge in [-0.3, -0.25) is 4.79 Å². The van der Waals surface area contributed by atoms with E-state index in [1.165, 1.54) is 0 Å². The first-order valence-corrected chi connectivity index (χ1v) is 6.25. The Hall–Kier alpha value is -1.68. The molecule has 0 aliphatic carbocycles. The molecule has 0 heterocycles. The maximum Gasteiger partial charge on any atom is 0.220 e. The van der Waals surface area contributed by atoms with E-state index in [-0.39, 0.29) is 5.91 Å². The lowest BCUT2D eigenvalue weighted by Gasteiger charge is -2.12. The third-order valence-electron chi connectivity index (χ3n) is 2.67. The number of carbonyl (C=O) groups excluding carboxylic acids is 2. The van der Waals surface area contributed by atoms with E-state index >= 15 is 0 Å². The zero-order chi connectivity index (χ0) is 13.2. The average molecular weight is 248 g/mol. The van der Waals surface area contributed by atoms with Crippen molar-refractivity contribution in [2.45, 2.75) is 31.7 Å². The molecule has 98 valence electrons. The fourth-order valence-electron chi connectivity index (χ4n) is 1.71. The molecule has 0 fully saturated rings. The highest BCUT2D eigenvalue weighted by Crippen LogP contribution is 2.02. The molecule has 0 aromatic heterocycles. The van der Waals surface area contributed by atoms with Crippen LogP contribution >= 0.6 is 0 Å². The lowest BCUT2D eigenvalue weighted by molar-refractivity contribution is -0.124. The minimum Gasteiger partial charge on any atom is -0.346 e. The molecule has 1 amide bonds. The molecule has 18 heavy (non-hydrogen) atoms. The Kier molecular flexibility index (Phi) is 6.72. The van der Waals surface area contributed by atoms with Crippen LogP contribution in [0.1, 0.15) is 24.8 Å². The largest absolute Gasteiger partial charge is 0.346 e. The zero-order valence-corrected chi connectivity index (χ0v) is 10.5. The first-order valence-electron chi connectivity index (χ1n) is 6.25. The highest BCUT2D eigenvalue weighted by atomic mass is 16.2. The number of carbonyl (C=O) groups is 2. The van der Waals surface area contributed by atoms with Crippen LogP contribution in [-0.2, 0) is 16.0 Å². The van der Waals surface area contributed by atoms with Crippen LogP contribution in [0.25, 0.3) is 0 Å². The van der Waals surface area contributed by atoms with Crippen LogP contribution in [0.4, 0.5) is 0 Å². The van der Waals surface area contributed by atoms with Gasteiger partial charge in [-0.2, -0.15) is 0 Å². The third-order valence-corrected chi connectivity index (χ3v) is 2.67. The number of aldehydes is 1. The minimum atomic E-state index is -0.447. The molecule has 1 atom stereocenters. The number of nitrogens with one attached hydrogen (secondary N) is 1. The number of unbranched alkanes of at least 4 members (excludes halogenated alkanes) is 1. The molecule has 0 aliphatic heterocycles. The molecule has 0 saturated carbocycles. The van der Waals surface area contributed by atoms with Gasteiger partial charge in [-0.1, -0.05) is 30.3 Å². The number of rotatable bonds is 8. The molecule has 1 rings (SSSR count). The van der Waals surface area contributed by atoms with E-state index in [4.69, 9.17) is 5.73 Å². The van der Waals surface area contributed by atoms with Crippen LogP contribution in [0.15, 0.2) is 30.3 Å². The van der Waals surface area contributed by atoms with Crippen LogP contribution in [0, 0.1) is 0 Å². The van der Waals surface area contributed by atoms with Gasteiger partial charge in [0.25, 0.3) is 0 Å². The first kappa shape index (κ1) is 14.4. The van der Waals surface area contributed by atoms with Crippen molar-refractivity contribution >= 4 is 12.2 Å². The normalized spacial score (nSPS) is 11.8. The van der Waals surface area contributed by atoms with E-state index in [0.29, 0.717) is 19.4 Å². The Morgan fingerprint density at radius 2 is 2.00 bits per heavy atom. The van der Waals surface area contributed by atoms with Gasteiger partial charge in [0.15, 0.2) is 0 Å². The van der Waals surface area contributed by atoms with E-state index in [2.05, 4.69) is 5.32 Å². The molecule has 0 bridgehead atoms. The van der Waals surface area contributed by atoms with Crippen LogP contribution < -0.4 is 11.1 Å². The summed E-state index contributed by atoms with van der Waals surface area (Å²) in [7, 11) is 0. The SMILES string of the molecule is NCCCCC(=O)N[C@@H](C=O)Cc1ccccc1. The number of hydrogen-bond donors (Lipinski definition) is 2. The highest BCUT2D eigenvalue weighted by Gasteiger charge is 2.11. The fraction of sp³-hybridized carbons (Fsp3) is 0.429. The Morgan fingerprint density at radius 3 is 2.61 bits per heavy atom. The summed E-state index contributed by atoms with van der Waals surface area (Å²) in [4.78, 5) is 22.5. The number of hydrogen-bond acceptors (Lipinski definition) is 3. The van der Waals surface area contributed by atoms with Gasteiger partial charge >= 0.3 is 0 Å². The summed E-state index contributed by atoms with van der Waals surface area (Å²) < 4.78 is 0. The number of amides is 1. The molecule has 1 aromatic rings. The van der Waals surface area contributed by atoms with Gasteiger partial charge in [0.2, 0.25) is 5.91 Å². The molecule has 0 spiro atoms. The van der Waals surface area contributed by atoms with E-state index in [9.17, 15) is 9.59 Å². The number of benzene rings is 1. The quantitative estimate of drug-likeness (QED) is 0.533. The lowest BCUT2D eigenvalue weighted by Crippen LogP contribution is -2.37. The molecule has 4 nitrogen and oxygen atoms in total. The molecule has 1 aromatic carbocycles. The van der Waals surface area contributed by atoms with E-state index in [0.717, 1.165) is 24.7 Å². The van der Waals surface area contributed by atoms with Gasteiger partial charge in [0.05, 0.1) is 6.04 Å². The van der Waals surface area contributed by atoms with E-state index in [1.807, 2.05) is 30.3 Å². The second-order valence-corrected chi connectivity index (χ2v) is 4.25. The van der Waals surface area contributed by atoms with E-state index in [1.54, 1.807) is 0 Å². The third kappa shape index (κ3) is 5.59. The van der Waals surface area contributed by atoms with Gasteiger partial charge in [0.1, 0.15) is 6.29 Å². The van der Waals surface area contributed by atoms with Crippen molar-refractivity contribution in [3.05, 3.63) is 35.9 Å². The summed E-state index contributed by atoms with van der Waals surface area (Å²) >= 11 is 0. The summed E-state index contributed by atoms with van der Waals surface area (Å²) in [5, 5.41) is 2.73. The van der Waals surface area contributed by atoms with Crippen LogP contribution in [0.3, 0.4) is 0 Å². The maximum absolute atomic E-state index is 11.6. The molecule has 0 saturated heterocycles. The average Bonchev–Trinajstić information content (AvgIpc) is 2.39. The summed E-state index contributed by atoms with van der Waals surface area (Å²) in [5.41, 5.74) is 6.40. The molecule has 4 heteroatoms. The Labute approximate surface area is 108 Å². The summed E-state index contributed by atoms with van der Waals surface area (Å²) in [6.07, 6.45) is 3.34. The Morgan fingerprint density at radius 1 is 1.28 bits per heavy atom. The minimum absolute atomic E-state index is 0.0866. The zero-order valence-electron chi connectivity index (χ0n) is 10.5. The van der Waals surface area contributed by atoms with Crippen molar-refractivity contribution in [2.75, 3.05) is 6.54 Å². The van der Waals surface area contributed by atoms with Gasteiger partial charge < -0.3 is 15.8 Å². The smallest absolute Gasteiger partial charge is 0.220 e. The van der Waals surface area contributed by atoms with Crippen molar-refractivity contribution in [2.24, 2.45) is 5.73 Å². The highest BCUT2D eigenvalue weighted by molar-refractivity contribution is 5.79. The first-order chi connectivity index (χ1) is 8.76. The summed E-state index contributed by atoms with van der Waals surface area (Å²) in [5.74, 6) is -0.0866. The second kappa shape index (κ2) is 8.42. The summed E-state index contributed by atoms with van der Waals surface area (Å²) in [6, 6.07) is 9.19. The number of nitrogens with two attached hydrogens (primary N) is 1. The van der Waals surface area contributed by atoms with Crippen LogP contribution in [0.2, 0.25) is 0 Å². The molecule has 0 unspecified atom stereocenters. The maximum atomic E-state index is 11.6. The standard InChI is InChI=1S/C14H20N2O2/c15-9-5-4-8-14(18)16-13(11-17)10-12-6-2-1-3-7-12/h1-3,6-7,11,13H,4-5,8-10,15H2,(H,16,18)/t13-/m1/s1. The van der Waals surface area contributed by atoms with Gasteiger partial charge in [-0.15, -0.1) is 0 Å².